The highest BCUT2D eigenvalue weighted by atomic mass is 19.1. The summed E-state index contributed by atoms with van der Waals surface area (Å²) in [4.78, 5) is 10.2. The van der Waals surface area contributed by atoms with E-state index in [0.717, 1.165) is 19.3 Å². The number of hydrogen-bond donors (Lipinski definition) is 1. The fourth-order valence-electron chi connectivity index (χ4n) is 1.61. The second-order valence-corrected chi connectivity index (χ2v) is 4.11. The maximum Gasteiger partial charge on any atom is 0.306 e. The molecule has 15 heavy (non-hydrogen) atoms. The molecular formula is C12H23FO2. The van der Waals surface area contributed by atoms with E-state index in [1.807, 2.05) is 0 Å². The van der Waals surface area contributed by atoms with E-state index in [1.165, 1.54) is 25.7 Å². The maximum atomic E-state index is 12.9. The van der Waals surface area contributed by atoms with E-state index in [4.69, 9.17) is 5.11 Å². The monoisotopic (exact) mass is 218 g/mol. The summed E-state index contributed by atoms with van der Waals surface area (Å²) in [5, 5.41) is 8.34. The predicted octanol–water partition coefficient (Wildman–Crippen LogP) is 3.94. The number of carboxylic acids is 1. The molecule has 2 nitrogen and oxygen atoms in total. The highest BCUT2D eigenvalue weighted by Gasteiger charge is 2.10. The van der Waals surface area contributed by atoms with Gasteiger partial charge in [-0.2, -0.15) is 0 Å². The lowest BCUT2D eigenvalue weighted by molar-refractivity contribution is -0.138. The van der Waals surface area contributed by atoms with Gasteiger partial charge >= 0.3 is 5.97 Å². The smallest absolute Gasteiger partial charge is 0.306 e. The molecule has 0 amide bonds. The quantitative estimate of drug-likeness (QED) is 0.564. The van der Waals surface area contributed by atoms with Crippen LogP contribution in [0, 0.1) is 0 Å². The summed E-state index contributed by atoms with van der Waals surface area (Å²) in [6.07, 6.45) is 6.93. The number of carbonyl (C=O) groups is 1. The summed E-state index contributed by atoms with van der Waals surface area (Å²) in [6, 6.07) is 0. The molecule has 0 aliphatic carbocycles. The SMILES string of the molecule is CCCCCCCCCC(F)CC(=O)O. The van der Waals surface area contributed by atoms with Crippen molar-refractivity contribution in [2.24, 2.45) is 0 Å². The van der Waals surface area contributed by atoms with Crippen molar-refractivity contribution in [3.63, 3.8) is 0 Å². The van der Waals surface area contributed by atoms with Crippen LogP contribution < -0.4 is 0 Å². The molecule has 1 N–H and O–H groups in total. The van der Waals surface area contributed by atoms with Crippen LogP contribution in [0.1, 0.15) is 64.7 Å². The predicted molar refractivity (Wildman–Crippen MR) is 59.8 cm³/mol. The van der Waals surface area contributed by atoms with Crippen LogP contribution in [0.2, 0.25) is 0 Å². The van der Waals surface area contributed by atoms with Gasteiger partial charge in [-0.25, -0.2) is 4.39 Å². The molecule has 0 heterocycles. The summed E-state index contributed by atoms with van der Waals surface area (Å²) in [7, 11) is 0. The molecule has 0 spiro atoms. The molecule has 0 aliphatic rings. The lowest BCUT2D eigenvalue weighted by Gasteiger charge is -2.04. The molecule has 0 aromatic carbocycles. The number of alkyl halides is 1. The molecule has 1 atom stereocenters. The van der Waals surface area contributed by atoms with Gasteiger partial charge in [0.2, 0.25) is 0 Å². The Labute approximate surface area is 91.9 Å². The van der Waals surface area contributed by atoms with E-state index in [2.05, 4.69) is 6.92 Å². The van der Waals surface area contributed by atoms with Crippen LogP contribution in [0.25, 0.3) is 0 Å². The van der Waals surface area contributed by atoms with Gasteiger partial charge in [-0.3, -0.25) is 4.79 Å². The minimum atomic E-state index is -1.15. The Morgan fingerprint density at radius 1 is 1.13 bits per heavy atom. The number of hydrogen-bond acceptors (Lipinski definition) is 1. The molecule has 0 aromatic rings. The first-order chi connectivity index (χ1) is 7.16. The summed E-state index contributed by atoms with van der Waals surface area (Å²) < 4.78 is 12.9. The second kappa shape index (κ2) is 9.94. The number of unbranched alkanes of at least 4 members (excludes halogenated alkanes) is 6. The van der Waals surface area contributed by atoms with Crippen LogP contribution in [0.15, 0.2) is 0 Å². The Kier molecular flexibility index (Phi) is 9.54. The van der Waals surface area contributed by atoms with Crippen molar-refractivity contribution in [1.82, 2.24) is 0 Å². The van der Waals surface area contributed by atoms with Gasteiger partial charge in [-0.05, 0) is 6.42 Å². The Morgan fingerprint density at radius 3 is 2.20 bits per heavy atom. The van der Waals surface area contributed by atoms with E-state index in [1.54, 1.807) is 0 Å². The van der Waals surface area contributed by atoms with Crippen molar-refractivity contribution < 1.29 is 14.3 Å². The van der Waals surface area contributed by atoms with E-state index in [9.17, 15) is 9.18 Å². The zero-order valence-electron chi connectivity index (χ0n) is 9.67. The number of aliphatic carboxylic acids is 1. The van der Waals surface area contributed by atoms with Crippen molar-refractivity contribution >= 4 is 5.97 Å². The Hall–Kier alpha value is -0.600. The second-order valence-electron chi connectivity index (χ2n) is 4.11. The normalized spacial score (nSPS) is 12.7. The van der Waals surface area contributed by atoms with Crippen molar-refractivity contribution in [3.8, 4) is 0 Å². The molecule has 0 fully saturated rings. The lowest BCUT2D eigenvalue weighted by Crippen LogP contribution is -2.07. The number of carboxylic acid groups (broad SMARTS) is 1. The molecule has 0 aliphatic heterocycles. The zero-order chi connectivity index (χ0) is 11.5. The third-order valence-electron chi connectivity index (χ3n) is 2.52. The van der Waals surface area contributed by atoms with Gasteiger partial charge in [0.25, 0.3) is 0 Å². The van der Waals surface area contributed by atoms with Crippen LogP contribution in [-0.2, 0) is 4.79 Å². The Morgan fingerprint density at radius 2 is 1.67 bits per heavy atom. The third-order valence-corrected chi connectivity index (χ3v) is 2.52. The van der Waals surface area contributed by atoms with Crippen LogP contribution in [0.5, 0.6) is 0 Å². The summed E-state index contributed by atoms with van der Waals surface area (Å²) in [5.41, 5.74) is 0. The number of rotatable bonds is 10. The lowest BCUT2D eigenvalue weighted by atomic mass is 10.1. The molecule has 0 bridgehead atoms. The molecule has 0 aromatic heterocycles. The third kappa shape index (κ3) is 11.3. The van der Waals surface area contributed by atoms with Gasteiger partial charge < -0.3 is 5.11 Å². The fourth-order valence-corrected chi connectivity index (χ4v) is 1.61. The maximum absolute atomic E-state index is 12.9. The van der Waals surface area contributed by atoms with Gasteiger partial charge in [0.15, 0.2) is 0 Å². The first-order valence-electron chi connectivity index (χ1n) is 6.02. The minimum absolute atomic E-state index is 0.337. The van der Waals surface area contributed by atoms with Crippen LogP contribution in [0.4, 0.5) is 4.39 Å². The minimum Gasteiger partial charge on any atom is -0.481 e. The van der Waals surface area contributed by atoms with Gasteiger partial charge in [-0.15, -0.1) is 0 Å². The van der Waals surface area contributed by atoms with E-state index in [0.29, 0.717) is 6.42 Å². The summed E-state index contributed by atoms with van der Waals surface area (Å²) >= 11 is 0. The summed E-state index contributed by atoms with van der Waals surface area (Å²) in [5.74, 6) is -1.04. The van der Waals surface area contributed by atoms with Gasteiger partial charge in [0.1, 0.15) is 6.17 Å². The first-order valence-corrected chi connectivity index (χ1v) is 6.02. The van der Waals surface area contributed by atoms with Crippen LogP contribution in [-0.4, -0.2) is 17.2 Å². The highest BCUT2D eigenvalue weighted by molar-refractivity contribution is 5.67. The average Bonchev–Trinajstić information content (AvgIpc) is 2.15. The molecule has 1 unspecified atom stereocenters. The Balaban J connectivity index is 3.13. The van der Waals surface area contributed by atoms with Gasteiger partial charge in [0, 0.05) is 0 Å². The highest BCUT2D eigenvalue weighted by Crippen LogP contribution is 2.12. The molecule has 3 heteroatoms. The molecule has 0 radical (unpaired) electrons. The number of halogens is 1. The molecule has 0 saturated heterocycles. The van der Waals surface area contributed by atoms with Crippen LogP contribution in [0.3, 0.4) is 0 Å². The fraction of sp³-hybridized carbons (Fsp3) is 0.917. The topological polar surface area (TPSA) is 37.3 Å². The van der Waals surface area contributed by atoms with Crippen LogP contribution >= 0.6 is 0 Å². The molecular weight excluding hydrogens is 195 g/mol. The van der Waals surface area contributed by atoms with Crippen molar-refractivity contribution in [2.45, 2.75) is 70.9 Å². The largest absolute Gasteiger partial charge is 0.481 e. The molecule has 0 saturated carbocycles. The Bertz CT molecular complexity index is 160. The zero-order valence-corrected chi connectivity index (χ0v) is 9.67. The average molecular weight is 218 g/mol. The first kappa shape index (κ1) is 14.4. The van der Waals surface area contributed by atoms with Gasteiger partial charge in [-0.1, -0.05) is 51.9 Å². The molecule has 90 valence electrons. The van der Waals surface area contributed by atoms with Crippen molar-refractivity contribution in [1.29, 1.82) is 0 Å². The van der Waals surface area contributed by atoms with Gasteiger partial charge in [0.05, 0.1) is 6.42 Å². The van der Waals surface area contributed by atoms with E-state index in [-0.39, 0.29) is 6.42 Å². The summed E-state index contributed by atoms with van der Waals surface area (Å²) in [6.45, 7) is 2.18. The van der Waals surface area contributed by atoms with E-state index < -0.39 is 12.1 Å². The standard InChI is InChI=1S/C12H23FO2/c1-2-3-4-5-6-7-8-9-11(13)10-12(14)15/h11H,2-10H2,1H3,(H,14,15). The van der Waals surface area contributed by atoms with Crippen molar-refractivity contribution in [3.05, 3.63) is 0 Å². The van der Waals surface area contributed by atoms with Crippen molar-refractivity contribution in [2.75, 3.05) is 0 Å². The van der Waals surface area contributed by atoms with E-state index >= 15 is 0 Å². The molecule has 0 rings (SSSR count).